The number of carbonyl (C=O) groups excluding carboxylic acids is 1. The molecule has 0 aliphatic heterocycles. The van der Waals surface area contributed by atoms with Gasteiger partial charge in [-0.2, -0.15) is 0 Å². The highest BCUT2D eigenvalue weighted by Crippen LogP contribution is 2.31. The minimum absolute atomic E-state index is 0.0580. The Hall–Kier alpha value is -2.05. The first-order valence-electron chi connectivity index (χ1n) is 6.85. The predicted molar refractivity (Wildman–Crippen MR) is 93.2 cm³/mol. The number of benzene rings is 2. The van der Waals surface area contributed by atoms with Crippen molar-refractivity contribution in [2.75, 3.05) is 5.32 Å². The number of anilines is 1. The summed E-state index contributed by atoms with van der Waals surface area (Å²) in [5, 5.41) is 13.8. The van der Waals surface area contributed by atoms with Crippen LogP contribution in [0.1, 0.15) is 12.5 Å². The lowest BCUT2D eigenvalue weighted by molar-refractivity contribution is -0.384. The summed E-state index contributed by atoms with van der Waals surface area (Å²) < 4.78 is 0. The van der Waals surface area contributed by atoms with Crippen molar-refractivity contribution < 1.29 is 9.72 Å². The molecule has 2 aromatic rings. The van der Waals surface area contributed by atoms with Crippen molar-refractivity contribution in [1.82, 2.24) is 0 Å². The number of halogens is 1. The second-order valence-electron chi connectivity index (χ2n) is 4.94. The molecule has 0 fully saturated rings. The second-order valence-corrected chi connectivity index (χ2v) is 6.73. The van der Waals surface area contributed by atoms with Gasteiger partial charge in [-0.3, -0.25) is 14.9 Å². The molecular formula is C16H15ClN2O3S. The molecule has 0 aromatic heterocycles. The summed E-state index contributed by atoms with van der Waals surface area (Å²) in [6, 6.07) is 11.7. The van der Waals surface area contributed by atoms with Gasteiger partial charge in [0.1, 0.15) is 0 Å². The van der Waals surface area contributed by atoms with E-state index in [-0.39, 0.29) is 11.6 Å². The molecule has 0 saturated carbocycles. The zero-order valence-electron chi connectivity index (χ0n) is 12.6. The third-order valence-electron chi connectivity index (χ3n) is 3.20. The second kappa shape index (κ2) is 7.48. The zero-order chi connectivity index (χ0) is 17.0. The average molecular weight is 351 g/mol. The van der Waals surface area contributed by atoms with Crippen molar-refractivity contribution in [1.29, 1.82) is 0 Å². The molecule has 0 saturated heterocycles. The molecular weight excluding hydrogens is 336 g/mol. The normalized spacial score (nSPS) is 11.8. The number of rotatable bonds is 5. The Labute approximate surface area is 143 Å². The molecule has 0 spiro atoms. The molecule has 120 valence electrons. The highest BCUT2D eigenvalue weighted by atomic mass is 35.5. The maximum Gasteiger partial charge on any atom is 0.271 e. The Morgan fingerprint density at radius 3 is 2.65 bits per heavy atom. The lowest BCUT2D eigenvalue weighted by Gasteiger charge is -2.14. The van der Waals surface area contributed by atoms with E-state index in [4.69, 9.17) is 11.6 Å². The van der Waals surface area contributed by atoms with E-state index in [1.807, 2.05) is 18.2 Å². The van der Waals surface area contributed by atoms with E-state index in [1.54, 1.807) is 26.0 Å². The SMILES string of the molecule is Cc1ccc([N+](=O)[O-])cc1NC(=O)C(C)Sc1ccccc1Cl. The van der Waals surface area contributed by atoms with Gasteiger partial charge in [-0.05, 0) is 31.5 Å². The van der Waals surface area contributed by atoms with Gasteiger partial charge in [-0.15, -0.1) is 11.8 Å². The van der Waals surface area contributed by atoms with Gasteiger partial charge in [-0.1, -0.05) is 29.8 Å². The first-order valence-corrected chi connectivity index (χ1v) is 8.11. The van der Waals surface area contributed by atoms with Gasteiger partial charge >= 0.3 is 0 Å². The van der Waals surface area contributed by atoms with Crippen molar-refractivity contribution in [3.8, 4) is 0 Å². The number of aryl methyl sites for hydroxylation is 1. The fraction of sp³-hybridized carbons (Fsp3) is 0.188. The Bertz CT molecular complexity index is 752. The molecule has 0 bridgehead atoms. The molecule has 0 radical (unpaired) electrons. The minimum atomic E-state index is -0.489. The van der Waals surface area contributed by atoms with Crippen LogP contribution in [0.4, 0.5) is 11.4 Å². The molecule has 1 unspecified atom stereocenters. The molecule has 1 amide bonds. The highest BCUT2D eigenvalue weighted by Gasteiger charge is 2.18. The summed E-state index contributed by atoms with van der Waals surface area (Å²) in [4.78, 5) is 23.5. The molecule has 7 heteroatoms. The number of hydrogen-bond acceptors (Lipinski definition) is 4. The Balaban J connectivity index is 2.11. The van der Waals surface area contributed by atoms with Crippen LogP contribution in [0.15, 0.2) is 47.4 Å². The molecule has 0 aliphatic carbocycles. The third kappa shape index (κ3) is 4.46. The molecule has 1 atom stereocenters. The maximum absolute atomic E-state index is 12.3. The first-order chi connectivity index (χ1) is 10.9. The predicted octanol–water partition coefficient (Wildman–Crippen LogP) is 4.68. The standard InChI is InChI=1S/C16H15ClN2O3S/c1-10-7-8-12(19(21)22)9-14(10)18-16(20)11(2)23-15-6-4-3-5-13(15)17/h3-9,11H,1-2H3,(H,18,20). The smallest absolute Gasteiger partial charge is 0.271 e. The summed E-state index contributed by atoms with van der Waals surface area (Å²) in [6.45, 7) is 3.54. The van der Waals surface area contributed by atoms with E-state index in [2.05, 4.69) is 5.32 Å². The summed E-state index contributed by atoms with van der Waals surface area (Å²) in [6.07, 6.45) is 0. The van der Waals surface area contributed by atoms with Gasteiger partial charge in [0.25, 0.3) is 5.69 Å². The quantitative estimate of drug-likeness (QED) is 0.483. The number of non-ortho nitro benzene ring substituents is 1. The lowest BCUT2D eigenvalue weighted by atomic mass is 10.2. The summed E-state index contributed by atoms with van der Waals surface area (Å²) in [5.74, 6) is -0.237. The van der Waals surface area contributed by atoms with E-state index >= 15 is 0 Å². The van der Waals surface area contributed by atoms with Crippen LogP contribution in [0.25, 0.3) is 0 Å². The topological polar surface area (TPSA) is 72.2 Å². The lowest BCUT2D eigenvalue weighted by Crippen LogP contribution is -2.22. The van der Waals surface area contributed by atoms with Gasteiger partial charge in [0.2, 0.25) is 5.91 Å². The largest absolute Gasteiger partial charge is 0.325 e. The van der Waals surface area contributed by atoms with Crippen LogP contribution >= 0.6 is 23.4 Å². The van der Waals surface area contributed by atoms with E-state index in [0.29, 0.717) is 10.7 Å². The van der Waals surface area contributed by atoms with Crippen LogP contribution < -0.4 is 5.32 Å². The van der Waals surface area contributed by atoms with E-state index in [0.717, 1.165) is 10.5 Å². The molecule has 23 heavy (non-hydrogen) atoms. The Morgan fingerprint density at radius 1 is 1.30 bits per heavy atom. The molecule has 1 N–H and O–H groups in total. The zero-order valence-corrected chi connectivity index (χ0v) is 14.1. The van der Waals surface area contributed by atoms with E-state index in [1.165, 1.54) is 23.9 Å². The van der Waals surface area contributed by atoms with Crippen molar-refractivity contribution >= 4 is 40.6 Å². The molecule has 2 rings (SSSR count). The van der Waals surface area contributed by atoms with Crippen LogP contribution in [0.5, 0.6) is 0 Å². The highest BCUT2D eigenvalue weighted by molar-refractivity contribution is 8.00. The van der Waals surface area contributed by atoms with Crippen LogP contribution in [0.3, 0.4) is 0 Å². The maximum atomic E-state index is 12.3. The average Bonchev–Trinajstić information content (AvgIpc) is 2.51. The first kappa shape index (κ1) is 17.3. The number of nitrogens with zero attached hydrogens (tertiary/aromatic N) is 1. The molecule has 0 aliphatic rings. The monoisotopic (exact) mass is 350 g/mol. The summed E-state index contributed by atoms with van der Waals surface area (Å²) in [5.41, 5.74) is 1.15. The van der Waals surface area contributed by atoms with Crippen molar-refractivity contribution in [3.05, 3.63) is 63.2 Å². The number of nitrogens with one attached hydrogen (secondary N) is 1. The van der Waals surface area contributed by atoms with Crippen LogP contribution in [-0.2, 0) is 4.79 Å². The van der Waals surface area contributed by atoms with Crippen LogP contribution in [-0.4, -0.2) is 16.1 Å². The van der Waals surface area contributed by atoms with Crippen molar-refractivity contribution in [3.63, 3.8) is 0 Å². The molecule has 2 aromatic carbocycles. The van der Waals surface area contributed by atoms with E-state index in [9.17, 15) is 14.9 Å². The number of carbonyl (C=O) groups is 1. The fourth-order valence-electron chi connectivity index (χ4n) is 1.88. The van der Waals surface area contributed by atoms with Gasteiger partial charge in [0.05, 0.1) is 20.9 Å². The number of thioether (sulfide) groups is 1. The van der Waals surface area contributed by atoms with Gasteiger partial charge in [-0.25, -0.2) is 0 Å². The van der Waals surface area contributed by atoms with Gasteiger partial charge in [0.15, 0.2) is 0 Å². The van der Waals surface area contributed by atoms with E-state index < -0.39 is 10.2 Å². The van der Waals surface area contributed by atoms with Gasteiger partial charge in [0, 0.05) is 17.0 Å². The van der Waals surface area contributed by atoms with Crippen molar-refractivity contribution in [2.45, 2.75) is 24.0 Å². The van der Waals surface area contributed by atoms with Gasteiger partial charge < -0.3 is 5.32 Å². The molecule has 0 heterocycles. The van der Waals surface area contributed by atoms with Crippen LogP contribution in [0.2, 0.25) is 5.02 Å². The third-order valence-corrected chi connectivity index (χ3v) is 4.82. The Kier molecular flexibility index (Phi) is 5.63. The fourth-order valence-corrected chi connectivity index (χ4v) is 3.03. The summed E-state index contributed by atoms with van der Waals surface area (Å²) in [7, 11) is 0. The minimum Gasteiger partial charge on any atom is -0.325 e. The number of nitro benzene ring substituents is 1. The number of hydrogen-bond donors (Lipinski definition) is 1. The number of nitro groups is 1. The Morgan fingerprint density at radius 2 is 2.00 bits per heavy atom. The summed E-state index contributed by atoms with van der Waals surface area (Å²) >= 11 is 7.42. The van der Waals surface area contributed by atoms with Crippen LogP contribution in [0, 0.1) is 17.0 Å². The number of amides is 1. The molecule has 5 nitrogen and oxygen atoms in total. The van der Waals surface area contributed by atoms with Crippen molar-refractivity contribution in [2.24, 2.45) is 0 Å².